The first kappa shape index (κ1) is 14.5. The lowest BCUT2D eigenvalue weighted by Crippen LogP contribution is -2.25. The Kier molecular flexibility index (Phi) is 4.37. The van der Waals surface area contributed by atoms with Crippen molar-refractivity contribution in [2.75, 3.05) is 19.7 Å². The second-order valence-corrected chi connectivity index (χ2v) is 5.12. The molecule has 0 aliphatic carbocycles. The van der Waals surface area contributed by atoms with Crippen LogP contribution in [0.15, 0.2) is 18.2 Å². The second-order valence-electron chi connectivity index (χ2n) is 5.12. The Hall–Kier alpha value is -1.91. The first-order chi connectivity index (χ1) is 9.49. The molecule has 1 fully saturated rings. The average molecular weight is 279 g/mol. The van der Waals surface area contributed by atoms with Crippen LogP contribution >= 0.6 is 0 Å². The Morgan fingerprint density at radius 1 is 1.45 bits per heavy atom. The first-order valence-corrected chi connectivity index (χ1v) is 6.71. The van der Waals surface area contributed by atoms with Gasteiger partial charge in [-0.1, -0.05) is 0 Å². The molecule has 1 aliphatic rings. The largest absolute Gasteiger partial charge is 0.462 e. The van der Waals surface area contributed by atoms with Crippen LogP contribution in [0.1, 0.15) is 29.3 Å². The summed E-state index contributed by atoms with van der Waals surface area (Å²) >= 11 is 0. The fourth-order valence-corrected chi connectivity index (χ4v) is 2.40. The van der Waals surface area contributed by atoms with Crippen LogP contribution in [0, 0.1) is 18.7 Å². The van der Waals surface area contributed by atoms with Gasteiger partial charge in [0.1, 0.15) is 5.82 Å². The van der Waals surface area contributed by atoms with Crippen LogP contribution in [-0.2, 0) is 9.53 Å². The molecule has 20 heavy (non-hydrogen) atoms. The zero-order chi connectivity index (χ0) is 14.7. The lowest BCUT2D eigenvalue weighted by Gasteiger charge is -2.13. The fourth-order valence-electron chi connectivity index (χ4n) is 2.40. The Balaban J connectivity index is 1.91. The summed E-state index contributed by atoms with van der Waals surface area (Å²) in [7, 11) is 0. The summed E-state index contributed by atoms with van der Waals surface area (Å²) in [6, 6.07) is 4.10. The molecular formula is C15H18FNO3. The molecule has 0 unspecified atom stereocenters. The number of aryl methyl sites for hydroxylation is 1. The van der Waals surface area contributed by atoms with E-state index in [1.165, 1.54) is 6.07 Å². The minimum Gasteiger partial charge on any atom is -0.462 e. The number of ether oxygens (including phenoxy) is 1. The van der Waals surface area contributed by atoms with E-state index in [-0.39, 0.29) is 24.0 Å². The third kappa shape index (κ3) is 3.35. The number of carbonyl (C=O) groups is 2. The highest BCUT2D eigenvalue weighted by Crippen LogP contribution is 2.18. The van der Waals surface area contributed by atoms with Crippen LogP contribution in [0.2, 0.25) is 0 Å². The number of amides is 1. The summed E-state index contributed by atoms with van der Waals surface area (Å²) in [4.78, 5) is 25.1. The molecular weight excluding hydrogens is 261 g/mol. The Morgan fingerprint density at radius 3 is 2.80 bits per heavy atom. The van der Waals surface area contributed by atoms with Gasteiger partial charge in [-0.05, 0) is 37.6 Å². The van der Waals surface area contributed by atoms with E-state index in [9.17, 15) is 14.0 Å². The van der Waals surface area contributed by atoms with E-state index < -0.39 is 11.8 Å². The van der Waals surface area contributed by atoms with Crippen molar-refractivity contribution in [1.29, 1.82) is 0 Å². The lowest BCUT2D eigenvalue weighted by atomic mass is 10.1. The van der Waals surface area contributed by atoms with Gasteiger partial charge in [-0.25, -0.2) is 9.18 Å². The van der Waals surface area contributed by atoms with E-state index in [2.05, 4.69) is 0 Å². The number of rotatable bonds is 4. The van der Waals surface area contributed by atoms with Crippen LogP contribution in [-0.4, -0.2) is 36.5 Å². The molecule has 0 aromatic heterocycles. The zero-order valence-corrected chi connectivity index (χ0v) is 11.7. The van der Waals surface area contributed by atoms with Crippen LogP contribution in [0.3, 0.4) is 0 Å². The number of hydrogen-bond acceptors (Lipinski definition) is 3. The molecule has 0 radical (unpaired) electrons. The molecule has 2 rings (SSSR count). The number of carbonyl (C=O) groups excluding carboxylic acids is 2. The summed E-state index contributed by atoms with van der Waals surface area (Å²) in [6.45, 7) is 5.12. The van der Waals surface area contributed by atoms with Crippen molar-refractivity contribution in [2.24, 2.45) is 5.92 Å². The third-order valence-electron chi connectivity index (χ3n) is 3.40. The molecule has 1 heterocycles. The molecule has 1 atom stereocenters. The SMILES string of the molecule is CCN1C[C@@H](COC(=O)c2cc(C)cc(F)c2)CC1=O. The van der Waals surface area contributed by atoms with E-state index in [1.807, 2.05) is 6.92 Å². The zero-order valence-electron chi connectivity index (χ0n) is 11.7. The van der Waals surface area contributed by atoms with E-state index in [4.69, 9.17) is 4.74 Å². The minimum atomic E-state index is -0.546. The summed E-state index contributed by atoms with van der Waals surface area (Å²) < 4.78 is 18.4. The van der Waals surface area contributed by atoms with Crippen molar-refractivity contribution in [1.82, 2.24) is 4.90 Å². The molecule has 0 saturated carbocycles. The van der Waals surface area contributed by atoms with Gasteiger partial charge in [0.25, 0.3) is 0 Å². The molecule has 5 heteroatoms. The summed E-state index contributed by atoms with van der Waals surface area (Å²) in [5, 5.41) is 0. The summed E-state index contributed by atoms with van der Waals surface area (Å²) in [6.07, 6.45) is 0.406. The maximum absolute atomic E-state index is 13.2. The van der Waals surface area contributed by atoms with Crippen LogP contribution in [0.5, 0.6) is 0 Å². The van der Waals surface area contributed by atoms with Gasteiger partial charge in [0.15, 0.2) is 0 Å². The van der Waals surface area contributed by atoms with Gasteiger partial charge in [0, 0.05) is 25.4 Å². The van der Waals surface area contributed by atoms with Crippen LogP contribution < -0.4 is 0 Å². The van der Waals surface area contributed by atoms with Gasteiger partial charge in [-0.2, -0.15) is 0 Å². The number of likely N-dealkylation sites (tertiary alicyclic amines) is 1. The molecule has 0 N–H and O–H groups in total. The maximum atomic E-state index is 13.2. The van der Waals surface area contributed by atoms with Crippen molar-refractivity contribution in [3.8, 4) is 0 Å². The quantitative estimate of drug-likeness (QED) is 0.793. The predicted octanol–water partition coefficient (Wildman–Crippen LogP) is 2.16. The highest BCUT2D eigenvalue weighted by molar-refractivity contribution is 5.89. The van der Waals surface area contributed by atoms with E-state index in [0.29, 0.717) is 25.1 Å². The number of nitrogens with zero attached hydrogens (tertiary/aromatic N) is 1. The van der Waals surface area contributed by atoms with Gasteiger partial charge in [0.05, 0.1) is 12.2 Å². The van der Waals surface area contributed by atoms with Crippen LogP contribution in [0.4, 0.5) is 4.39 Å². The number of halogens is 1. The van der Waals surface area contributed by atoms with Gasteiger partial charge in [0.2, 0.25) is 5.91 Å². The number of hydrogen-bond donors (Lipinski definition) is 0. The molecule has 108 valence electrons. The van der Waals surface area contributed by atoms with E-state index in [0.717, 1.165) is 6.07 Å². The molecule has 4 nitrogen and oxygen atoms in total. The minimum absolute atomic E-state index is 0.0288. The topological polar surface area (TPSA) is 46.6 Å². The van der Waals surface area contributed by atoms with Crippen molar-refractivity contribution in [3.05, 3.63) is 35.1 Å². The highest BCUT2D eigenvalue weighted by Gasteiger charge is 2.29. The molecule has 0 bridgehead atoms. The molecule has 1 aliphatic heterocycles. The van der Waals surface area contributed by atoms with Gasteiger partial charge >= 0.3 is 5.97 Å². The monoisotopic (exact) mass is 279 g/mol. The van der Waals surface area contributed by atoms with Crippen molar-refractivity contribution in [2.45, 2.75) is 20.3 Å². The van der Waals surface area contributed by atoms with Crippen molar-refractivity contribution < 1.29 is 18.7 Å². The lowest BCUT2D eigenvalue weighted by molar-refractivity contribution is -0.127. The molecule has 1 aromatic carbocycles. The Bertz CT molecular complexity index is 510. The maximum Gasteiger partial charge on any atom is 0.338 e. The van der Waals surface area contributed by atoms with Gasteiger partial charge in [-0.3, -0.25) is 4.79 Å². The standard InChI is InChI=1S/C15H18FNO3/c1-3-17-8-11(6-14(17)18)9-20-15(19)12-4-10(2)5-13(16)7-12/h4-5,7,11H,3,6,8-9H2,1-2H3/t11-/m0/s1. The number of benzene rings is 1. The molecule has 1 aromatic rings. The van der Waals surface area contributed by atoms with E-state index in [1.54, 1.807) is 17.9 Å². The fraction of sp³-hybridized carbons (Fsp3) is 0.467. The third-order valence-corrected chi connectivity index (χ3v) is 3.40. The van der Waals surface area contributed by atoms with E-state index >= 15 is 0 Å². The second kappa shape index (κ2) is 6.03. The highest BCUT2D eigenvalue weighted by atomic mass is 19.1. The van der Waals surface area contributed by atoms with Crippen molar-refractivity contribution in [3.63, 3.8) is 0 Å². The van der Waals surface area contributed by atoms with Gasteiger partial charge in [-0.15, -0.1) is 0 Å². The first-order valence-electron chi connectivity index (χ1n) is 6.71. The van der Waals surface area contributed by atoms with Gasteiger partial charge < -0.3 is 9.64 Å². The molecule has 0 spiro atoms. The molecule has 1 saturated heterocycles. The Morgan fingerprint density at radius 2 is 2.20 bits per heavy atom. The Labute approximate surface area is 117 Å². The smallest absolute Gasteiger partial charge is 0.338 e. The number of esters is 1. The normalized spacial score (nSPS) is 18.4. The predicted molar refractivity (Wildman–Crippen MR) is 71.8 cm³/mol. The summed E-state index contributed by atoms with van der Waals surface area (Å²) in [5.41, 5.74) is 0.879. The van der Waals surface area contributed by atoms with Crippen molar-refractivity contribution >= 4 is 11.9 Å². The summed E-state index contributed by atoms with van der Waals surface area (Å²) in [5.74, 6) is -0.878. The average Bonchev–Trinajstić information content (AvgIpc) is 2.75. The van der Waals surface area contributed by atoms with Crippen LogP contribution in [0.25, 0.3) is 0 Å². The molecule has 1 amide bonds.